The molecule has 5 heteroatoms. The van der Waals surface area contributed by atoms with Gasteiger partial charge in [0.15, 0.2) is 0 Å². The summed E-state index contributed by atoms with van der Waals surface area (Å²) in [6.45, 7) is 8.72. The summed E-state index contributed by atoms with van der Waals surface area (Å²) < 4.78 is 0. The summed E-state index contributed by atoms with van der Waals surface area (Å²) in [5.41, 5.74) is 0.535. The average molecular weight is 320 g/mol. The van der Waals surface area contributed by atoms with E-state index in [4.69, 9.17) is 0 Å². The van der Waals surface area contributed by atoms with Crippen LogP contribution in [0.2, 0.25) is 0 Å². The predicted molar refractivity (Wildman–Crippen MR) is 92.0 cm³/mol. The lowest BCUT2D eigenvalue weighted by molar-refractivity contribution is -0.116. The van der Waals surface area contributed by atoms with Crippen molar-refractivity contribution in [1.29, 1.82) is 0 Å². The quantitative estimate of drug-likeness (QED) is 0.745. The Hall–Kier alpha value is -1.75. The molecule has 0 radical (unpaired) electrons. The van der Waals surface area contributed by atoms with Crippen LogP contribution in [0.5, 0.6) is 11.5 Å². The summed E-state index contributed by atoms with van der Waals surface area (Å²) in [5.74, 6) is -0.349. The lowest BCUT2D eigenvalue weighted by Gasteiger charge is -2.26. The number of rotatable bonds is 4. The van der Waals surface area contributed by atoms with Crippen LogP contribution in [0.15, 0.2) is 12.1 Å². The fourth-order valence-corrected chi connectivity index (χ4v) is 2.95. The minimum Gasteiger partial charge on any atom is -0.506 e. The normalized spacial score (nSPS) is 16.3. The van der Waals surface area contributed by atoms with E-state index in [-0.39, 0.29) is 28.5 Å². The van der Waals surface area contributed by atoms with E-state index in [0.717, 1.165) is 13.1 Å². The Labute approximate surface area is 138 Å². The van der Waals surface area contributed by atoms with Crippen LogP contribution in [0.4, 0.5) is 5.69 Å². The van der Waals surface area contributed by atoms with E-state index in [0.29, 0.717) is 18.5 Å². The smallest absolute Gasteiger partial charge is 0.225 e. The van der Waals surface area contributed by atoms with Gasteiger partial charge in [-0.25, -0.2) is 0 Å². The SMILES string of the molecule is CC(C)(C)c1ccc(O)c(NC(=O)CCN2CCCCC2)c1O. The molecule has 128 valence electrons. The van der Waals surface area contributed by atoms with Gasteiger partial charge in [0.25, 0.3) is 0 Å². The zero-order valence-electron chi connectivity index (χ0n) is 14.4. The summed E-state index contributed by atoms with van der Waals surface area (Å²) in [4.78, 5) is 14.4. The molecule has 0 bridgehead atoms. The number of amides is 1. The highest BCUT2D eigenvalue weighted by atomic mass is 16.3. The number of benzene rings is 1. The van der Waals surface area contributed by atoms with Gasteiger partial charge in [-0.2, -0.15) is 0 Å². The number of hydrogen-bond donors (Lipinski definition) is 3. The van der Waals surface area contributed by atoms with Crippen molar-refractivity contribution in [2.24, 2.45) is 0 Å². The number of aromatic hydroxyl groups is 2. The van der Waals surface area contributed by atoms with Crippen LogP contribution in [0, 0.1) is 0 Å². The first-order valence-electron chi connectivity index (χ1n) is 8.36. The summed E-state index contributed by atoms with van der Waals surface area (Å²) in [7, 11) is 0. The highest BCUT2D eigenvalue weighted by Gasteiger charge is 2.23. The summed E-state index contributed by atoms with van der Waals surface area (Å²) >= 11 is 0. The van der Waals surface area contributed by atoms with Gasteiger partial charge < -0.3 is 20.4 Å². The van der Waals surface area contributed by atoms with Gasteiger partial charge in [0.05, 0.1) is 0 Å². The lowest BCUT2D eigenvalue weighted by Crippen LogP contribution is -2.32. The van der Waals surface area contributed by atoms with Crippen LogP contribution in [0.3, 0.4) is 0 Å². The summed E-state index contributed by atoms with van der Waals surface area (Å²) in [6.07, 6.45) is 4.01. The maximum absolute atomic E-state index is 12.2. The van der Waals surface area contributed by atoms with Crippen molar-refractivity contribution < 1.29 is 15.0 Å². The molecule has 0 unspecified atom stereocenters. The zero-order valence-corrected chi connectivity index (χ0v) is 14.4. The van der Waals surface area contributed by atoms with Crippen LogP contribution in [0.1, 0.15) is 52.0 Å². The van der Waals surface area contributed by atoms with E-state index < -0.39 is 0 Å². The molecule has 5 nitrogen and oxygen atoms in total. The number of likely N-dealkylation sites (tertiary alicyclic amines) is 1. The Kier molecular flexibility index (Phi) is 5.52. The van der Waals surface area contributed by atoms with Gasteiger partial charge >= 0.3 is 0 Å². The maximum atomic E-state index is 12.2. The molecule has 1 fully saturated rings. The molecule has 1 aliphatic heterocycles. The molecule has 0 aliphatic carbocycles. The van der Waals surface area contributed by atoms with Crippen molar-refractivity contribution in [3.05, 3.63) is 17.7 Å². The molecule has 0 aromatic heterocycles. The molecule has 2 rings (SSSR count). The van der Waals surface area contributed by atoms with Gasteiger partial charge in [0, 0.05) is 18.5 Å². The molecule has 23 heavy (non-hydrogen) atoms. The number of hydrogen-bond acceptors (Lipinski definition) is 4. The second kappa shape index (κ2) is 7.21. The van der Waals surface area contributed by atoms with Crippen molar-refractivity contribution >= 4 is 11.6 Å². The highest BCUT2D eigenvalue weighted by molar-refractivity contribution is 5.94. The zero-order chi connectivity index (χ0) is 17.0. The number of anilines is 1. The van der Waals surface area contributed by atoms with Gasteiger partial charge in [-0.3, -0.25) is 4.79 Å². The standard InChI is InChI=1S/C18H28N2O3/c1-18(2,3)13-7-8-14(21)16(17(13)23)19-15(22)9-12-20-10-5-4-6-11-20/h7-8,21,23H,4-6,9-12H2,1-3H3,(H,19,22). The largest absolute Gasteiger partial charge is 0.506 e. The minimum atomic E-state index is -0.273. The molecule has 1 amide bonds. The van der Waals surface area contributed by atoms with Crippen molar-refractivity contribution in [1.82, 2.24) is 4.90 Å². The third-order valence-corrected chi connectivity index (χ3v) is 4.33. The van der Waals surface area contributed by atoms with Crippen molar-refractivity contribution in [3.8, 4) is 11.5 Å². The predicted octanol–water partition coefficient (Wildman–Crippen LogP) is 3.21. The molecule has 1 aliphatic rings. The Morgan fingerprint density at radius 1 is 1.17 bits per heavy atom. The van der Waals surface area contributed by atoms with Crippen LogP contribution >= 0.6 is 0 Å². The fraction of sp³-hybridized carbons (Fsp3) is 0.611. The van der Waals surface area contributed by atoms with E-state index in [2.05, 4.69) is 10.2 Å². The Morgan fingerprint density at radius 3 is 2.43 bits per heavy atom. The van der Waals surface area contributed by atoms with Crippen LogP contribution in [0.25, 0.3) is 0 Å². The topological polar surface area (TPSA) is 72.8 Å². The second-order valence-corrected chi connectivity index (χ2v) is 7.31. The first kappa shape index (κ1) is 17.6. The van der Waals surface area contributed by atoms with Crippen LogP contribution in [-0.4, -0.2) is 40.7 Å². The molecular weight excluding hydrogens is 292 g/mol. The fourth-order valence-electron chi connectivity index (χ4n) is 2.95. The third kappa shape index (κ3) is 4.61. The van der Waals surface area contributed by atoms with E-state index >= 15 is 0 Å². The van der Waals surface area contributed by atoms with Crippen LogP contribution in [-0.2, 0) is 10.2 Å². The molecule has 0 saturated carbocycles. The number of nitrogens with zero attached hydrogens (tertiary/aromatic N) is 1. The van der Waals surface area contributed by atoms with Crippen molar-refractivity contribution in [2.75, 3.05) is 25.0 Å². The lowest BCUT2D eigenvalue weighted by atomic mass is 9.86. The number of phenolic OH excluding ortho intramolecular Hbond substituents is 2. The van der Waals surface area contributed by atoms with Gasteiger partial charge in [-0.05, 0) is 37.4 Å². The van der Waals surface area contributed by atoms with Crippen molar-refractivity contribution in [2.45, 2.75) is 51.9 Å². The first-order valence-corrected chi connectivity index (χ1v) is 8.36. The van der Waals surface area contributed by atoms with E-state index in [1.165, 1.54) is 25.3 Å². The number of nitrogens with one attached hydrogen (secondary N) is 1. The highest BCUT2D eigenvalue weighted by Crippen LogP contribution is 2.41. The number of carbonyl (C=O) groups excluding carboxylic acids is 1. The van der Waals surface area contributed by atoms with Crippen LogP contribution < -0.4 is 5.32 Å². The Morgan fingerprint density at radius 2 is 1.83 bits per heavy atom. The number of piperidine rings is 1. The van der Waals surface area contributed by atoms with Gasteiger partial charge in [-0.15, -0.1) is 0 Å². The molecular formula is C18H28N2O3. The maximum Gasteiger partial charge on any atom is 0.225 e. The van der Waals surface area contributed by atoms with Gasteiger partial charge in [0.2, 0.25) is 5.91 Å². The van der Waals surface area contributed by atoms with Gasteiger partial charge in [0.1, 0.15) is 17.2 Å². The second-order valence-electron chi connectivity index (χ2n) is 7.31. The molecule has 1 aromatic rings. The number of carbonyl (C=O) groups is 1. The Balaban J connectivity index is 2.02. The third-order valence-electron chi connectivity index (χ3n) is 4.33. The molecule has 1 heterocycles. The molecule has 1 saturated heterocycles. The van der Waals surface area contributed by atoms with E-state index in [9.17, 15) is 15.0 Å². The van der Waals surface area contributed by atoms with Gasteiger partial charge in [-0.1, -0.05) is 33.3 Å². The first-order chi connectivity index (χ1) is 10.8. The molecule has 3 N–H and O–H groups in total. The number of phenols is 2. The molecule has 1 aromatic carbocycles. The van der Waals surface area contributed by atoms with E-state index in [1.54, 1.807) is 6.07 Å². The monoisotopic (exact) mass is 320 g/mol. The molecule has 0 atom stereocenters. The van der Waals surface area contributed by atoms with Crippen molar-refractivity contribution in [3.63, 3.8) is 0 Å². The molecule has 0 spiro atoms. The average Bonchev–Trinajstić information content (AvgIpc) is 2.49. The Bertz CT molecular complexity index is 558. The summed E-state index contributed by atoms with van der Waals surface area (Å²) in [5, 5.41) is 23.0. The summed E-state index contributed by atoms with van der Waals surface area (Å²) in [6, 6.07) is 3.20. The van der Waals surface area contributed by atoms with E-state index in [1.807, 2.05) is 20.8 Å². The minimum absolute atomic E-state index is 0.0520.